The number of alkyl halides is 1. The summed E-state index contributed by atoms with van der Waals surface area (Å²) in [5.74, 6) is -0.399. The molecule has 0 aromatic heterocycles. The second-order valence-corrected chi connectivity index (χ2v) is 3.19. The molecule has 0 spiro atoms. The molecule has 0 heterocycles. The monoisotopic (exact) mass is 254 g/mol. The summed E-state index contributed by atoms with van der Waals surface area (Å²) in [4.78, 5) is 11.4. The van der Waals surface area contributed by atoms with Gasteiger partial charge in [0.2, 0.25) is 0 Å². The second-order valence-electron chi connectivity index (χ2n) is 2.63. The maximum Gasteiger partial charge on any atom is 0.176 e. The van der Waals surface area contributed by atoms with Crippen LogP contribution in [0.3, 0.4) is 0 Å². The molecular formula is C9H7BrN2O2. The minimum Gasteiger partial charge on any atom is -0.508 e. The predicted octanol–water partition coefficient (Wildman–Crippen LogP) is 1.42. The van der Waals surface area contributed by atoms with E-state index in [1.165, 1.54) is 12.1 Å². The van der Waals surface area contributed by atoms with Crippen molar-refractivity contribution in [3.63, 3.8) is 0 Å². The maximum absolute atomic E-state index is 11.4. The normalized spacial score (nSPS) is 9.43. The lowest BCUT2D eigenvalue weighted by Gasteiger charge is -2.05. The van der Waals surface area contributed by atoms with Crippen LogP contribution in [0.5, 0.6) is 5.75 Å². The molecule has 5 heteroatoms. The molecule has 0 saturated carbocycles. The Morgan fingerprint density at radius 3 is 2.79 bits per heavy atom. The first-order chi connectivity index (χ1) is 6.60. The van der Waals surface area contributed by atoms with Crippen LogP contribution in [-0.2, 0) is 0 Å². The van der Waals surface area contributed by atoms with Crippen LogP contribution in [0.4, 0.5) is 5.69 Å². The molecule has 4 nitrogen and oxygen atoms in total. The lowest BCUT2D eigenvalue weighted by molar-refractivity contribution is 0.102. The van der Waals surface area contributed by atoms with Gasteiger partial charge in [0.25, 0.3) is 0 Å². The number of phenolic OH excluding ortho intramolecular Hbond substituents is 1. The number of Topliss-reactive ketones (excluding diaryl/α,β-unsaturated/α-hetero) is 1. The number of halogens is 1. The summed E-state index contributed by atoms with van der Waals surface area (Å²) in [6.07, 6.45) is 0. The number of aromatic hydroxyl groups is 1. The first kappa shape index (κ1) is 10.5. The lowest BCUT2D eigenvalue weighted by Crippen LogP contribution is -2.07. The number of nitriles is 1. The minimum absolute atomic E-state index is 0.0898. The molecule has 14 heavy (non-hydrogen) atoms. The Kier molecular flexibility index (Phi) is 3.10. The molecule has 0 bridgehead atoms. The molecule has 0 aliphatic carbocycles. The standard InChI is InChI=1S/C9H7BrN2O2/c10-3-8(14)9-5(4-11)1-6(13)2-7(9)12/h1-2,13H,3,12H2. The van der Waals surface area contributed by atoms with Gasteiger partial charge in [0.1, 0.15) is 11.8 Å². The first-order valence-corrected chi connectivity index (χ1v) is 4.84. The van der Waals surface area contributed by atoms with Gasteiger partial charge in [-0.25, -0.2) is 0 Å². The SMILES string of the molecule is N#Cc1cc(O)cc(N)c1C(=O)CBr. The fourth-order valence-corrected chi connectivity index (χ4v) is 1.40. The Morgan fingerprint density at radius 2 is 2.29 bits per heavy atom. The zero-order valence-electron chi connectivity index (χ0n) is 7.12. The summed E-state index contributed by atoms with van der Waals surface area (Å²) in [5.41, 5.74) is 5.88. The molecule has 0 fully saturated rings. The Labute approximate surface area is 89.1 Å². The van der Waals surface area contributed by atoms with Gasteiger partial charge < -0.3 is 10.8 Å². The fourth-order valence-electron chi connectivity index (χ4n) is 1.11. The van der Waals surface area contributed by atoms with E-state index in [-0.39, 0.29) is 33.7 Å². The number of phenols is 1. The molecule has 0 unspecified atom stereocenters. The second kappa shape index (κ2) is 4.11. The van der Waals surface area contributed by atoms with Gasteiger partial charge in [-0.3, -0.25) is 4.79 Å². The van der Waals surface area contributed by atoms with Crippen LogP contribution in [0.1, 0.15) is 15.9 Å². The summed E-state index contributed by atoms with van der Waals surface area (Å²) in [6.45, 7) is 0. The van der Waals surface area contributed by atoms with Crippen molar-refractivity contribution >= 4 is 27.4 Å². The number of rotatable bonds is 2. The van der Waals surface area contributed by atoms with E-state index < -0.39 is 0 Å². The number of carbonyl (C=O) groups is 1. The van der Waals surface area contributed by atoms with Gasteiger partial charge >= 0.3 is 0 Å². The van der Waals surface area contributed by atoms with E-state index in [4.69, 9.17) is 16.1 Å². The van der Waals surface area contributed by atoms with Gasteiger partial charge in [-0.15, -0.1) is 0 Å². The van der Waals surface area contributed by atoms with Gasteiger partial charge in [0.15, 0.2) is 5.78 Å². The maximum atomic E-state index is 11.4. The van der Waals surface area contributed by atoms with Crippen LogP contribution in [0.15, 0.2) is 12.1 Å². The Bertz CT molecular complexity index is 424. The van der Waals surface area contributed by atoms with Gasteiger partial charge in [-0.1, -0.05) is 15.9 Å². The van der Waals surface area contributed by atoms with Crippen LogP contribution in [-0.4, -0.2) is 16.2 Å². The lowest BCUT2D eigenvalue weighted by atomic mass is 10.0. The Hall–Kier alpha value is -1.54. The van der Waals surface area contributed by atoms with E-state index in [2.05, 4.69) is 15.9 Å². The third-order valence-electron chi connectivity index (χ3n) is 1.67. The molecule has 0 saturated heterocycles. The average molecular weight is 255 g/mol. The smallest absolute Gasteiger partial charge is 0.176 e. The van der Waals surface area contributed by atoms with E-state index in [1.54, 1.807) is 0 Å². The van der Waals surface area contributed by atoms with E-state index >= 15 is 0 Å². The number of benzene rings is 1. The van der Waals surface area contributed by atoms with E-state index in [1.807, 2.05) is 6.07 Å². The molecule has 3 N–H and O–H groups in total. The summed E-state index contributed by atoms with van der Waals surface area (Å²) in [5, 5.41) is 18.0. The highest BCUT2D eigenvalue weighted by molar-refractivity contribution is 9.09. The van der Waals surface area contributed by atoms with Crippen molar-refractivity contribution in [3.8, 4) is 11.8 Å². The molecule has 1 aromatic rings. The number of nitrogen functional groups attached to an aromatic ring is 1. The Balaban J connectivity index is 3.42. The molecule has 0 aliphatic rings. The van der Waals surface area contributed by atoms with Crippen molar-refractivity contribution in [1.29, 1.82) is 5.26 Å². The van der Waals surface area contributed by atoms with Crippen molar-refractivity contribution in [3.05, 3.63) is 23.3 Å². The molecular weight excluding hydrogens is 248 g/mol. The van der Waals surface area contributed by atoms with Crippen LogP contribution in [0.25, 0.3) is 0 Å². The van der Waals surface area contributed by atoms with Crippen molar-refractivity contribution < 1.29 is 9.90 Å². The fraction of sp³-hybridized carbons (Fsp3) is 0.111. The number of hydrogen-bond donors (Lipinski definition) is 2. The number of anilines is 1. The highest BCUT2D eigenvalue weighted by Gasteiger charge is 2.15. The van der Waals surface area contributed by atoms with Crippen LogP contribution >= 0.6 is 15.9 Å². The summed E-state index contributed by atoms with van der Waals surface area (Å²) < 4.78 is 0. The quantitative estimate of drug-likeness (QED) is 0.475. The summed E-state index contributed by atoms with van der Waals surface area (Å²) >= 11 is 2.99. The molecule has 0 amide bonds. The largest absolute Gasteiger partial charge is 0.508 e. The Morgan fingerprint density at radius 1 is 1.64 bits per heavy atom. The minimum atomic E-state index is -0.279. The summed E-state index contributed by atoms with van der Waals surface area (Å²) in [6, 6.07) is 4.27. The third kappa shape index (κ3) is 1.86. The topological polar surface area (TPSA) is 87.1 Å². The van der Waals surface area contributed by atoms with Crippen LogP contribution < -0.4 is 5.73 Å². The highest BCUT2D eigenvalue weighted by Crippen LogP contribution is 2.24. The number of carbonyl (C=O) groups excluding carboxylic acids is 1. The first-order valence-electron chi connectivity index (χ1n) is 3.72. The zero-order valence-corrected chi connectivity index (χ0v) is 8.71. The highest BCUT2D eigenvalue weighted by atomic mass is 79.9. The van der Waals surface area contributed by atoms with Gasteiger partial charge in [0, 0.05) is 11.8 Å². The van der Waals surface area contributed by atoms with E-state index in [0.717, 1.165) is 0 Å². The third-order valence-corrected chi connectivity index (χ3v) is 2.18. The van der Waals surface area contributed by atoms with E-state index in [0.29, 0.717) is 0 Å². The number of nitrogens with two attached hydrogens (primary N) is 1. The molecule has 72 valence electrons. The van der Waals surface area contributed by atoms with E-state index in [9.17, 15) is 4.79 Å². The number of hydrogen-bond acceptors (Lipinski definition) is 4. The van der Waals surface area contributed by atoms with Crippen molar-refractivity contribution in [2.75, 3.05) is 11.1 Å². The number of ketones is 1. The molecule has 1 aromatic carbocycles. The number of nitrogens with zero attached hydrogens (tertiary/aromatic N) is 1. The van der Waals surface area contributed by atoms with Gasteiger partial charge in [-0.05, 0) is 6.07 Å². The predicted molar refractivity (Wildman–Crippen MR) is 55.4 cm³/mol. The molecule has 0 atom stereocenters. The van der Waals surface area contributed by atoms with Crippen LogP contribution in [0.2, 0.25) is 0 Å². The summed E-state index contributed by atoms with van der Waals surface area (Å²) in [7, 11) is 0. The molecule has 0 radical (unpaired) electrons. The molecule has 1 rings (SSSR count). The average Bonchev–Trinajstić information content (AvgIpc) is 2.15. The van der Waals surface area contributed by atoms with Crippen molar-refractivity contribution in [2.45, 2.75) is 0 Å². The van der Waals surface area contributed by atoms with Crippen molar-refractivity contribution in [2.24, 2.45) is 0 Å². The van der Waals surface area contributed by atoms with Crippen LogP contribution in [0, 0.1) is 11.3 Å². The van der Waals surface area contributed by atoms with Crippen molar-refractivity contribution in [1.82, 2.24) is 0 Å². The van der Waals surface area contributed by atoms with Gasteiger partial charge in [0.05, 0.1) is 16.5 Å². The zero-order chi connectivity index (χ0) is 10.7. The van der Waals surface area contributed by atoms with Gasteiger partial charge in [-0.2, -0.15) is 5.26 Å². The molecule has 0 aliphatic heterocycles.